The molecular weight excluding hydrogens is 436 g/mol. The molecule has 174 valence electrons. The lowest BCUT2D eigenvalue weighted by Crippen LogP contribution is -2.36. The molecule has 3 rings (SSSR count). The Morgan fingerprint density at radius 3 is 2.45 bits per heavy atom. The Morgan fingerprint density at radius 1 is 1.09 bits per heavy atom. The summed E-state index contributed by atoms with van der Waals surface area (Å²) in [5.41, 5.74) is 4.88. The number of carbonyl (C=O) groups is 2. The molecule has 9 heteroatoms. The van der Waals surface area contributed by atoms with Crippen molar-refractivity contribution in [3.63, 3.8) is 0 Å². The van der Waals surface area contributed by atoms with E-state index in [9.17, 15) is 9.59 Å². The van der Waals surface area contributed by atoms with Gasteiger partial charge in [0.25, 0.3) is 0 Å². The maximum atomic E-state index is 12.6. The normalized spacial score (nSPS) is 10.8. The monoisotopic (exact) mass is 466 g/mol. The van der Waals surface area contributed by atoms with Crippen LogP contribution in [0.1, 0.15) is 36.5 Å². The fraction of sp³-hybridized carbons (Fsp3) is 0.375. The van der Waals surface area contributed by atoms with Crippen LogP contribution < -0.4 is 5.32 Å². The van der Waals surface area contributed by atoms with Crippen LogP contribution in [0.15, 0.2) is 47.6 Å². The molecular formula is C24H30N6O2S. The van der Waals surface area contributed by atoms with E-state index in [-0.39, 0.29) is 24.1 Å². The first kappa shape index (κ1) is 24.4. The number of para-hydroxylation sites is 1. The van der Waals surface area contributed by atoms with Crippen molar-refractivity contribution in [3.05, 3.63) is 59.2 Å². The van der Waals surface area contributed by atoms with Crippen LogP contribution in [0.25, 0.3) is 5.69 Å². The number of likely N-dealkylation sites (N-methyl/N-ethyl adjacent to an activating group) is 1. The van der Waals surface area contributed by atoms with Crippen LogP contribution in [0.4, 0.5) is 5.69 Å². The molecule has 2 amide bonds. The zero-order chi connectivity index (χ0) is 23.8. The van der Waals surface area contributed by atoms with Gasteiger partial charge in [-0.3, -0.25) is 9.59 Å². The van der Waals surface area contributed by atoms with E-state index in [4.69, 9.17) is 0 Å². The molecule has 33 heavy (non-hydrogen) atoms. The van der Waals surface area contributed by atoms with E-state index >= 15 is 0 Å². The highest BCUT2D eigenvalue weighted by Gasteiger charge is 2.17. The minimum atomic E-state index is -0.235. The van der Waals surface area contributed by atoms with Gasteiger partial charge in [0.15, 0.2) is 0 Å². The molecule has 0 fully saturated rings. The van der Waals surface area contributed by atoms with E-state index in [2.05, 4.69) is 39.9 Å². The van der Waals surface area contributed by atoms with Crippen LogP contribution in [0.2, 0.25) is 0 Å². The molecule has 0 spiro atoms. The first-order valence-corrected chi connectivity index (χ1v) is 12.0. The number of anilines is 1. The van der Waals surface area contributed by atoms with Gasteiger partial charge in [0, 0.05) is 12.7 Å². The summed E-state index contributed by atoms with van der Waals surface area (Å²) in [6, 6.07) is 14.0. The van der Waals surface area contributed by atoms with E-state index in [0.717, 1.165) is 41.8 Å². The molecule has 0 bridgehead atoms. The van der Waals surface area contributed by atoms with Crippen molar-refractivity contribution < 1.29 is 9.59 Å². The number of hydrogen-bond acceptors (Lipinski definition) is 6. The first-order valence-electron chi connectivity index (χ1n) is 11.0. The Balaban J connectivity index is 1.54. The number of nitrogens with one attached hydrogen (secondary N) is 1. The molecule has 0 aliphatic carbocycles. The summed E-state index contributed by atoms with van der Waals surface area (Å²) in [5.74, 6) is -0.287. The van der Waals surface area contributed by atoms with Crippen LogP contribution >= 0.6 is 11.8 Å². The van der Waals surface area contributed by atoms with Gasteiger partial charge in [-0.25, -0.2) is 0 Å². The van der Waals surface area contributed by atoms with Gasteiger partial charge in [-0.2, -0.15) is 4.68 Å². The van der Waals surface area contributed by atoms with Gasteiger partial charge in [-0.1, -0.05) is 55.4 Å². The Morgan fingerprint density at radius 2 is 1.79 bits per heavy atom. The largest absolute Gasteiger partial charge is 0.336 e. The highest BCUT2D eigenvalue weighted by molar-refractivity contribution is 7.99. The van der Waals surface area contributed by atoms with Crippen molar-refractivity contribution in [1.29, 1.82) is 0 Å². The summed E-state index contributed by atoms with van der Waals surface area (Å²) in [4.78, 5) is 26.5. The third kappa shape index (κ3) is 6.64. The average molecular weight is 467 g/mol. The van der Waals surface area contributed by atoms with Crippen molar-refractivity contribution in [2.75, 3.05) is 24.7 Å². The molecule has 0 aliphatic rings. The number of rotatable bonds is 10. The molecule has 0 unspecified atom stereocenters. The quantitative estimate of drug-likeness (QED) is 0.457. The molecule has 2 aromatic carbocycles. The number of benzene rings is 2. The summed E-state index contributed by atoms with van der Waals surface area (Å²) in [5, 5.41) is 15.3. The summed E-state index contributed by atoms with van der Waals surface area (Å²) in [7, 11) is 1.62. The van der Waals surface area contributed by atoms with E-state index in [1.165, 1.54) is 22.2 Å². The fourth-order valence-corrected chi connectivity index (χ4v) is 4.18. The highest BCUT2D eigenvalue weighted by atomic mass is 32.2. The second kappa shape index (κ2) is 11.6. The fourth-order valence-electron chi connectivity index (χ4n) is 3.35. The van der Waals surface area contributed by atoms with E-state index < -0.39 is 0 Å². The molecule has 0 saturated carbocycles. The van der Waals surface area contributed by atoms with Crippen LogP contribution in [0.3, 0.4) is 0 Å². The lowest BCUT2D eigenvalue weighted by atomic mass is 10.1. The Labute approximate surface area is 198 Å². The van der Waals surface area contributed by atoms with Crippen molar-refractivity contribution in [2.24, 2.45) is 0 Å². The Kier molecular flexibility index (Phi) is 8.59. The molecule has 1 heterocycles. The minimum absolute atomic E-state index is 0.0304. The highest BCUT2D eigenvalue weighted by Crippen LogP contribution is 2.21. The van der Waals surface area contributed by atoms with Gasteiger partial charge in [0.05, 0.1) is 18.0 Å². The smallest absolute Gasteiger partial charge is 0.243 e. The van der Waals surface area contributed by atoms with Crippen molar-refractivity contribution >= 4 is 29.3 Å². The number of hydrogen-bond donors (Lipinski definition) is 1. The SMILES string of the molecule is CCCCc1ccc(-n2nnnc2SCC(=O)N(C)CC(=O)Nc2c(C)cccc2C)cc1. The predicted octanol–water partition coefficient (Wildman–Crippen LogP) is 3.81. The van der Waals surface area contributed by atoms with Crippen molar-refractivity contribution in [1.82, 2.24) is 25.1 Å². The molecule has 0 aliphatic heterocycles. The summed E-state index contributed by atoms with van der Waals surface area (Å²) in [6.45, 7) is 6.03. The lowest BCUT2D eigenvalue weighted by Gasteiger charge is -2.18. The first-order chi connectivity index (χ1) is 15.9. The van der Waals surface area contributed by atoms with Crippen LogP contribution in [0, 0.1) is 13.8 Å². The van der Waals surface area contributed by atoms with Gasteiger partial charge >= 0.3 is 0 Å². The van der Waals surface area contributed by atoms with E-state index in [1.807, 2.05) is 44.2 Å². The molecule has 3 aromatic rings. The molecule has 1 aromatic heterocycles. The van der Waals surface area contributed by atoms with E-state index in [1.54, 1.807) is 11.7 Å². The second-order valence-electron chi connectivity index (χ2n) is 8.00. The minimum Gasteiger partial charge on any atom is -0.336 e. The van der Waals surface area contributed by atoms with Gasteiger partial charge in [0.2, 0.25) is 17.0 Å². The predicted molar refractivity (Wildman–Crippen MR) is 131 cm³/mol. The number of thioether (sulfide) groups is 1. The van der Waals surface area contributed by atoms with Crippen LogP contribution in [-0.2, 0) is 16.0 Å². The number of unbranched alkanes of at least 4 members (excludes halogenated alkanes) is 1. The third-order valence-electron chi connectivity index (χ3n) is 5.32. The van der Waals surface area contributed by atoms with Crippen molar-refractivity contribution in [3.8, 4) is 5.69 Å². The van der Waals surface area contributed by atoms with Crippen molar-refractivity contribution in [2.45, 2.75) is 45.2 Å². The zero-order valence-corrected chi connectivity index (χ0v) is 20.4. The zero-order valence-electron chi connectivity index (χ0n) is 19.5. The third-order valence-corrected chi connectivity index (χ3v) is 6.22. The van der Waals surface area contributed by atoms with Crippen LogP contribution in [-0.4, -0.2) is 56.3 Å². The maximum Gasteiger partial charge on any atom is 0.243 e. The van der Waals surface area contributed by atoms with Gasteiger partial charge < -0.3 is 10.2 Å². The molecule has 0 radical (unpaired) electrons. The summed E-state index contributed by atoms with van der Waals surface area (Å²) >= 11 is 1.24. The Bertz CT molecular complexity index is 1080. The standard InChI is InChI=1S/C24H30N6O2S/c1-5-6-10-19-11-13-20(14-12-19)30-24(26-27-28-30)33-16-22(32)29(4)15-21(31)25-23-17(2)8-7-9-18(23)3/h7-9,11-14H,5-6,10,15-16H2,1-4H3,(H,25,31). The lowest BCUT2D eigenvalue weighted by molar-refractivity contribution is -0.131. The number of nitrogens with zero attached hydrogens (tertiary/aromatic N) is 5. The number of carbonyl (C=O) groups excluding carboxylic acids is 2. The molecule has 0 atom stereocenters. The van der Waals surface area contributed by atoms with Gasteiger partial charge in [-0.15, -0.1) is 5.10 Å². The summed E-state index contributed by atoms with van der Waals surface area (Å²) < 4.78 is 1.62. The molecule has 8 nitrogen and oxygen atoms in total. The number of aryl methyl sites for hydroxylation is 3. The average Bonchev–Trinajstić information content (AvgIpc) is 3.27. The molecule has 1 N–H and O–H groups in total. The molecule has 0 saturated heterocycles. The number of tetrazole rings is 1. The second-order valence-corrected chi connectivity index (χ2v) is 8.94. The van der Waals surface area contributed by atoms with E-state index in [0.29, 0.717) is 5.16 Å². The maximum absolute atomic E-state index is 12.6. The van der Waals surface area contributed by atoms with Crippen LogP contribution in [0.5, 0.6) is 0 Å². The van der Waals surface area contributed by atoms with Gasteiger partial charge in [0.1, 0.15) is 0 Å². The number of amides is 2. The Hall–Kier alpha value is -3.20. The van der Waals surface area contributed by atoms with Gasteiger partial charge in [-0.05, 0) is 65.9 Å². The number of aromatic nitrogens is 4. The summed E-state index contributed by atoms with van der Waals surface area (Å²) in [6.07, 6.45) is 3.36. The topological polar surface area (TPSA) is 93.0 Å².